The van der Waals surface area contributed by atoms with Crippen molar-refractivity contribution in [3.05, 3.63) is 0 Å². The van der Waals surface area contributed by atoms with E-state index in [2.05, 4.69) is 11.7 Å². The fourth-order valence-corrected chi connectivity index (χ4v) is 1.71. The summed E-state index contributed by atoms with van der Waals surface area (Å²) >= 11 is 0. The zero-order chi connectivity index (χ0) is 13.8. The lowest BCUT2D eigenvalue weighted by atomic mass is 10.1. The average Bonchev–Trinajstić information content (AvgIpc) is 2.26. The Bertz CT molecular complexity index is 240. The molecule has 106 valence electrons. The van der Waals surface area contributed by atoms with Gasteiger partial charge in [-0.05, 0) is 19.8 Å². The fraction of sp³-hybridized carbons (Fsp3) is 0.846. The lowest BCUT2D eigenvalue weighted by Gasteiger charge is -2.11. The molecule has 0 fully saturated rings. The molecule has 0 aliphatic heterocycles. The van der Waals surface area contributed by atoms with Crippen LogP contribution < -0.4 is 0 Å². The van der Waals surface area contributed by atoms with Crippen molar-refractivity contribution in [2.75, 3.05) is 0 Å². The summed E-state index contributed by atoms with van der Waals surface area (Å²) in [5, 5.41) is 8.19. The zero-order valence-corrected chi connectivity index (χ0v) is 11.3. The molecular weight excluding hydrogens is 236 g/mol. The summed E-state index contributed by atoms with van der Waals surface area (Å²) in [7, 11) is 0. The van der Waals surface area contributed by atoms with Gasteiger partial charge >= 0.3 is 12.3 Å². The first-order valence-corrected chi connectivity index (χ1v) is 6.67. The highest BCUT2D eigenvalue weighted by atomic mass is 16.8. The Kier molecular flexibility index (Phi) is 10.1. The number of hydrogen-bond acceptors (Lipinski definition) is 4. The zero-order valence-electron chi connectivity index (χ0n) is 11.3. The van der Waals surface area contributed by atoms with Gasteiger partial charge in [0.2, 0.25) is 0 Å². The second-order valence-corrected chi connectivity index (χ2v) is 4.46. The quantitative estimate of drug-likeness (QED) is 0.379. The second-order valence-electron chi connectivity index (χ2n) is 4.46. The normalized spacial score (nSPS) is 11.9. The molecule has 1 N–H and O–H groups in total. The first-order chi connectivity index (χ1) is 8.56. The van der Waals surface area contributed by atoms with Crippen LogP contribution in [0.15, 0.2) is 0 Å². The number of hydrogen-bond donors (Lipinski definition) is 1. The van der Waals surface area contributed by atoms with E-state index in [1.807, 2.05) is 0 Å². The molecule has 0 amide bonds. The van der Waals surface area contributed by atoms with E-state index in [-0.39, 0.29) is 6.10 Å². The van der Waals surface area contributed by atoms with Crippen LogP contribution in [0.25, 0.3) is 0 Å². The minimum Gasteiger partial charge on any atom is -0.449 e. The summed E-state index contributed by atoms with van der Waals surface area (Å²) < 4.78 is 8.61. The van der Waals surface area contributed by atoms with Crippen molar-refractivity contribution < 1.29 is 24.2 Å². The number of ether oxygens (including phenoxy) is 2. The van der Waals surface area contributed by atoms with Crippen LogP contribution in [-0.4, -0.2) is 23.5 Å². The van der Waals surface area contributed by atoms with Crippen LogP contribution in [0.2, 0.25) is 0 Å². The van der Waals surface area contributed by atoms with E-state index < -0.39 is 12.3 Å². The molecular formula is C13H24O5. The van der Waals surface area contributed by atoms with Crippen molar-refractivity contribution in [1.29, 1.82) is 0 Å². The topological polar surface area (TPSA) is 72.8 Å². The molecule has 1 unspecified atom stereocenters. The summed E-state index contributed by atoms with van der Waals surface area (Å²) in [5.74, 6) is 0. The maximum Gasteiger partial charge on any atom is 0.518 e. The van der Waals surface area contributed by atoms with Crippen molar-refractivity contribution in [3.63, 3.8) is 0 Å². The summed E-state index contributed by atoms with van der Waals surface area (Å²) in [6.07, 6.45) is 6.04. The van der Waals surface area contributed by atoms with E-state index in [1.165, 1.54) is 32.1 Å². The minimum atomic E-state index is -1.64. The molecule has 0 aromatic heterocycles. The van der Waals surface area contributed by atoms with Gasteiger partial charge in [-0.2, -0.15) is 0 Å². The summed E-state index contributed by atoms with van der Waals surface area (Å²) in [5.41, 5.74) is 0. The largest absolute Gasteiger partial charge is 0.518 e. The average molecular weight is 260 g/mol. The van der Waals surface area contributed by atoms with Gasteiger partial charge in [0.15, 0.2) is 0 Å². The first kappa shape index (κ1) is 16.7. The van der Waals surface area contributed by atoms with E-state index in [1.54, 1.807) is 6.92 Å². The van der Waals surface area contributed by atoms with Crippen molar-refractivity contribution in [3.8, 4) is 0 Å². The van der Waals surface area contributed by atoms with Crippen LogP contribution in [0.3, 0.4) is 0 Å². The monoisotopic (exact) mass is 260 g/mol. The molecule has 0 aromatic carbocycles. The molecule has 0 heterocycles. The van der Waals surface area contributed by atoms with Crippen LogP contribution in [-0.2, 0) is 9.47 Å². The van der Waals surface area contributed by atoms with Gasteiger partial charge in [-0.15, -0.1) is 0 Å². The Morgan fingerprint density at radius 1 is 1.06 bits per heavy atom. The molecule has 0 aliphatic carbocycles. The molecule has 18 heavy (non-hydrogen) atoms. The van der Waals surface area contributed by atoms with Gasteiger partial charge in [-0.25, -0.2) is 9.59 Å². The highest BCUT2D eigenvalue weighted by Crippen LogP contribution is 2.11. The van der Waals surface area contributed by atoms with Crippen LogP contribution in [0.4, 0.5) is 9.59 Å². The lowest BCUT2D eigenvalue weighted by molar-refractivity contribution is 0.0304. The van der Waals surface area contributed by atoms with Crippen LogP contribution in [0.1, 0.15) is 65.2 Å². The van der Waals surface area contributed by atoms with Crippen LogP contribution in [0, 0.1) is 0 Å². The molecule has 0 rings (SSSR count). The number of carbonyl (C=O) groups excluding carboxylic acids is 1. The molecule has 5 nitrogen and oxygen atoms in total. The Hall–Kier alpha value is -1.26. The third-order valence-corrected chi connectivity index (χ3v) is 2.68. The number of carboxylic acid groups (broad SMARTS) is 1. The van der Waals surface area contributed by atoms with Crippen molar-refractivity contribution in [1.82, 2.24) is 0 Å². The molecule has 0 saturated carbocycles. The first-order valence-electron chi connectivity index (χ1n) is 6.67. The van der Waals surface area contributed by atoms with Gasteiger partial charge in [0.1, 0.15) is 6.10 Å². The predicted octanol–water partition coefficient (Wildman–Crippen LogP) is 4.35. The Labute approximate surface area is 108 Å². The van der Waals surface area contributed by atoms with E-state index in [0.717, 1.165) is 19.3 Å². The van der Waals surface area contributed by atoms with Crippen LogP contribution >= 0.6 is 0 Å². The Morgan fingerprint density at radius 2 is 1.61 bits per heavy atom. The third kappa shape index (κ3) is 11.2. The Balaban J connectivity index is 3.39. The SMILES string of the molecule is CCCCCCCCCC(C)OC(=O)OC(=O)O. The highest BCUT2D eigenvalue weighted by molar-refractivity contribution is 5.75. The smallest absolute Gasteiger partial charge is 0.449 e. The number of carbonyl (C=O) groups is 2. The summed E-state index contributed by atoms with van der Waals surface area (Å²) in [6.45, 7) is 3.93. The highest BCUT2D eigenvalue weighted by Gasteiger charge is 2.13. The molecule has 0 bridgehead atoms. The molecule has 1 atom stereocenters. The van der Waals surface area contributed by atoms with Gasteiger partial charge in [0, 0.05) is 0 Å². The van der Waals surface area contributed by atoms with Crippen LogP contribution in [0.5, 0.6) is 0 Å². The third-order valence-electron chi connectivity index (χ3n) is 2.68. The molecule has 5 heteroatoms. The molecule has 0 saturated heterocycles. The minimum absolute atomic E-state index is 0.299. The van der Waals surface area contributed by atoms with Gasteiger partial charge < -0.3 is 14.6 Å². The molecule has 0 aliphatic rings. The predicted molar refractivity (Wildman–Crippen MR) is 67.7 cm³/mol. The summed E-state index contributed by atoms with van der Waals surface area (Å²) in [6, 6.07) is 0. The summed E-state index contributed by atoms with van der Waals surface area (Å²) in [4.78, 5) is 20.9. The van der Waals surface area contributed by atoms with Crippen molar-refractivity contribution in [2.24, 2.45) is 0 Å². The fourth-order valence-electron chi connectivity index (χ4n) is 1.71. The van der Waals surface area contributed by atoms with Gasteiger partial charge in [0.25, 0.3) is 0 Å². The van der Waals surface area contributed by atoms with Gasteiger partial charge in [0.05, 0.1) is 0 Å². The lowest BCUT2D eigenvalue weighted by Crippen LogP contribution is -2.18. The maximum atomic E-state index is 10.8. The number of unbranched alkanes of at least 4 members (excludes halogenated alkanes) is 6. The molecule has 0 aromatic rings. The van der Waals surface area contributed by atoms with E-state index in [0.29, 0.717) is 0 Å². The maximum absolute atomic E-state index is 10.8. The molecule has 0 spiro atoms. The standard InChI is InChI=1S/C13H24O5/c1-3-4-5-6-7-8-9-10-11(2)17-13(16)18-12(14)15/h11H,3-10H2,1-2H3,(H,14,15). The molecule has 0 radical (unpaired) electrons. The van der Waals surface area contributed by atoms with Crippen molar-refractivity contribution >= 4 is 12.3 Å². The van der Waals surface area contributed by atoms with E-state index >= 15 is 0 Å². The Morgan fingerprint density at radius 3 is 2.17 bits per heavy atom. The van der Waals surface area contributed by atoms with E-state index in [9.17, 15) is 9.59 Å². The van der Waals surface area contributed by atoms with Gasteiger partial charge in [-0.1, -0.05) is 45.4 Å². The second kappa shape index (κ2) is 10.9. The number of rotatable bonds is 9. The van der Waals surface area contributed by atoms with Crippen molar-refractivity contribution in [2.45, 2.75) is 71.3 Å². The van der Waals surface area contributed by atoms with E-state index in [4.69, 9.17) is 9.84 Å². The van der Waals surface area contributed by atoms with Gasteiger partial charge in [-0.3, -0.25) is 0 Å².